The van der Waals surface area contributed by atoms with Crippen LogP contribution in [0.1, 0.15) is 5.56 Å². The van der Waals surface area contributed by atoms with Crippen molar-refractivity contribution < 1.29 is 14.7 Å². The van der Waals surface area contributed by atoms with Crippen LogP contribution < -0.4 is 4.90 Å². The van der Waals surface area contributed by atoms with E-state index in [1.807, 2.05) is 18.2 Å². The Bertz CT molecular complexity index is 553. The zero-order valence-corrected chi connectivity index (χ0v) is 10.9. The van der Waals surface area contributed by atoms with Crippen LogP contribution in [0, 0.1) is 11.3 Å². The van der Waals surface area contributed by atoms with Gasteiger partial charge in [0.15, 0.2) is 0 Å². The molecule has 0 bridgehead atoms. The van der Waals surface area contributed by atoms with Gasteiger partial charge in [-0.3, -0.25) is 9.69 Å². The molecule has 0 aliphatic carbocycles. The Hall–Kier alpha value is -2.00. The number of carbonyl (C=O) groups excluding carboxylic acids is 1. The molecule has 0 saturated carbocycles. The summed E-state index contributed by atoms with van der Waals surface area (Å²) >= 11 is 1.19. The smallest absolute Gasteiger partial charge is 0.327 e. The first-order valence-corrected chi connectivity index (χ1v) is 6.88. The highest BCUT2D eigenvalue weighted by atomic mass is 32.2. The number of amides is 1. The molecule has 0 aromatic heterocycles. The van der Waals surface area contributed by atoms with Crippen LogP contribution in [0.25, 0.3) is 0 Å². The normalized spacial score (nSPS) is 16.8. The number of anilines is 1. The fourth-order valence-corrected chi connectivity index (χ4v) is 2.65. The van der Waals surface area contributed by atoms with Crippen molar-refractivity contribution >= 4 is 29.3 Å². The molecular weight excluding hydrogens is 264 g/mol. The van der Waals surface area contributed by atoms with E-state index in [0.717, 1.165) is 5.56 Å². The van der Waals surface area contributed by atoms with E-state index < -0.39 is 12.0 Å². The molecule has 0 saturated heterocycles. The van der Waals surface area contributed by atoms with E-state index in [9.17, 15) is 14.7 Å². The number of carboxylic acids is 1. The third kappa shape index (κ3) is 2.71. The van der Waals surface area contributed by atoms with Crippen molar-refractivity contribution in [2.75, 3.05) is 16.4 Å². The van der Waals surface area contributed by atoms with Crippen LogP contribution in [0.4, 0.5) is 5.69 Å². The number of fused-ring (bicyclic) bond motifs is 1. The van der Waals surface area contributed by atoms with E-state index >= 15 is 0 Å². The molecule has 6 heteroatoms. The molecule has 0 unspecified atom stereocenters. The number of aliphatic carboxylic acids is 1. The second-order valence-electron chi connectivity index (χ2n) is 4.10. The second-order valence-corrected chi connectivity index (χ2v) is 5.09. The molecule has 5 nitrogen and oxygen atoms in total. The highest BCUT2D eigenvalue weighted by Crippen LogP contribution is 2.32. The number of carbonyl (C=O) groups is 2. The Balaban J connectivity index is 2.22. The van der Waals surface area contributed by atoms with Crippen LogP contribution >= 0.6 is 11.8 Å². The minimum atomic E-state index is -1.00. The van der Waals surface area contributed by atoms with Gasteiger partial charge < -0.3 is 5.11 Å². The van der Waals surface area contributed by atoms with E-state index in [1.165, 1.54) is 16.7 Å². The number of thioether (sulfide) groups is 1. The average Bonchev–Trinajstić information content (AvgIpc) is 2.78. The van der Waals surface area contributed by atoms with Crippen molar-refractivity contribution in [1.29, 1.82) is 5.26 Å². The van der Waals surface area contributed by atoms with Crippen LogP contribution in [0.5, 0.6) is 0 Å². The van der Waals surface area contributed by atoms with Crippen LogP contribution in [-0.2, 0) is 16.0 Å². The third-order valence-electron chi connectivity index (χ3n) is 2.92. The maximum atomic E-state index is 12.1. The maximum absolute atomic E-state index is 12.1. The third-order valence-corrected chi connectivity index (χ3v) is 3.71. The second kappa shape index (κ2) is 5.76. The van der Waals surface area contributed by atoms with E-state index in [2.05, 4.69) is 0 Å². The molecule has 19 heavy (non-hydrogen) atoms. The molecule has 1 amide bonds. The molecule has 0 fully saturated rings. The van der Waals surface area contributed by atoms with E-state index in [0.29, 0.717) is 12.1 Å². The number of rotatable bonds is 4. The fourth-order valence-electron chi connectivity index (χ4n) is 2.15. The van der Waals surface area contributed by atoms with Crippen molar-refractivity contribution in [3.8, 4) is 6.07 Å². The van der Waals surface area contributed by atoms with Gasteiger partial charge in [-0.25, -0.2) is 4.79 Å². The summed E-state index contributed by atoms with van der Waals surface area (Å²) in [7, 11) is 0. The van der Waals surface area contributed by atoms with E-state index in [-0.39, 0.29) is 17.4 Å². The Morgan fingerprint density at radius 1 is 1.47 bits per heavy atom. The van der Waals surface area contributed by atoms with Crippen molar-refractivity contribution in [2.24, 2.45) is 0 Å². The van der Waals surface area contributed by atoms with Crippen LogP contribution in [0.15, 0.2) is 24.3 Å². The monoisotopic (exact) mass is 276 g/mol. The average molecular weight is 276 g/mol. The van der Waals surface area contributed by atoms with Crippen LogP contribution in [0.3, 0.4) is 0 Å². The van der Waals surface area contributed by atoms with E-state index in [4.69, 9.17) is 5.26 Å². The Labute approximate surface area is 114 Å². The zero-order valence-electron chi connectivity index (χ0n) is 10.1. The van der Waals surface area contributed by atoms with Gasteiger partial charge in [0.1, 0.15) is 6.04 Å². The predicted octanol–water partition coefficient (Wildman–Crippen LogP) is 1.29. The molecule has 1 heterocycles. The lowest BCUT2D eigenvalue weighted by Crippen LogP contribution is -2.43. The fraction of sp³-hybridized carbons (Fsp3) is 0.308. The van der Waals surface area contributed by atoms with Crippen molar-refractivity contribution in [1.82, 2.24) is 0 Å². The first-order chi connectivity index (χ1) is 9.15. The van der Waals surface area contributed by atoms with Crippen LogP contribution in [0.2, 0.25) is 0 Å². The summed E-state index contributed by atoms with van der Waals surface area (Å²) in [6.45, 7) is 0. The molecule has 1 aliphatic heterocycles. The molecule has 1 aromatic carbocycles. The molecule has 98 valence electrons. The lowest BCUT2D eigenvalue weighted by molar-refractivity contribution is -0.139. The first-order valence-electron chi connectivity index (χ1n) is 5.72. The highest BCUT2D eigenvalue weighted by molar-refractivity contribution is 8.00. The number of hydrogen-bond acceptors (Lipinski definition) is 4. The highest BCUT2D eigenvalue weighted by Gasteiger charge is 2.37. The summed E-state index contributed by atoms with van der Waals surface area (Å²) in [5, 5.41) is 17.7. The molecular formula is C13H12N2O3S. The summed E-state index contributed by atoms with van der Waals surface area (Å²) in [4.78, 5) is 24.7. The molecule has 1 N–H and O–H groups in total. The van der Waals surface area contributed by atoms with Gasteiger partial charge >= 0.3 is 5.97 Å². The van der Waals surface area contributed by atoms with Crippen LogP contribution in [-0.4, -0.2) is 34.5 Å². The SMILES string of the molecule is N#CCSCC(=O)N1c2ccccc2C[C@H]1C(=O)O. The largest absolute Gasteiger partial charge is 0.480 e. The zero-order chi connectivity index (χ0) is 13.8. The summed E-state index contributed by atoms with van der Waals surface area (Å²) in [6, 6.07) is 8.30. The molecule has 1 aromatic rings. The molecule has 0 radical (unpaired) electrons. The van der Waals surface area contributed by atoms with Gasteiger partial charge in [0.25, 0.3) is 0 Å². The van der Waals surface area contributed by atoms with Crippen molar-refractivity contribution in [3.63, 3.8) is 0 Å². The topological polar surface area (TPSA) is 81.4 Å². The molecule has 0 spiro atoms. The molecule has 1 atom stereocenters. The predicted molar refractivity (Wildman–Crippen MR) is 72.0 cm³/mol. The van der Waals surface area contributed by atoms with Gasteiger partial charge in [-0.05, 0) is 11.6 Å². The Morgan fingerprint density at radius 2 is 2.21 bits per heavy atom. The first kappa shape index (κ1) is 13.4. The summed E-state index contributed by atoms with van der Waals surface area (Å²) in [5.41, 5.74) is 1.53. The number of nitrogens with zero attached hydrogens (tertiary/aromatic N) is 2. The number of hydrogen-bond donors (Lipinski definition) is 1. The van der Waals surface area contributed by atoms with Crippen molar-refractivity contribution in [3.05, 3.63) is 29.8 Å². The lowest BCUT2D eigenvalue weighted by Gasteiger charge is -2.22. The number of para-hydroxylation sites is 1. The maximum Gasteiger partial charge on any atom is 0.327 e. The van der Waals surface area contributed by atoms with Gasteiger partial charge in [0, 0.05) is 12.1 Å². The van der Waals surface area contributed by atoms with E-state index in [1.54, 1.807) is 12.1 Å². The number of benzene rings is 1. The molecule has 2 rings (SSSR count). The summed E-state index contributed by atoms with van der Waals surface area (Å²) < 4.78 is 0. The summed E-state index contributed by atoms with van der Waals surface area (Å²) in [6.07, 6.45) is 0.333. The van der Waals surface area contributed by atoms with Crippen molar-refractivity contribution in [2.45, 2.75) is 12.5 Å². The number of nitriles is 1. The van der Waals surface area contributed by atoms with Gasteiger partial charge in [-0.1, -0.05) is 18.2 Å². The lowest BCUT2D eigenvalue weighted by atomic mass is 10.1. The molecule has 1 aliphatic rings. The minimum absolute atomic E-state index is 0.117. The Morgan fingerprint density at radius 3 is 2.89 bits per heavy atom. The van der Waals surface area contributed by atoms with Gasteiger partial charge in [-0.2, -0.15) is 5.26 Å². The van der Waals surface area contributed by atoms with Gasteiger partial charge in [-0.15, -0.1) is 11.8 Å². The van der Waals surface area contributed by atoms with Gasteiger partial charge in [0.05, 0.1) is 17.6 Å². The Kier molecular flexibility index (Phi) is 4.07. The minimum Gasteiger partial charge on any atom is -0.480 e. The quantitative estimate of drug-likeness (QED) is 0.838. The summed E-state index contributed by atoms with van der Waals surface area (Å²) in [5.74, 6) is -0.933. The number of carboxylic acid groups (broad SMARTS) is 1. The van der Waals surface area contributed by atoms with Gasteiger partial charge in [0.2, 0.25) is 5.91 Å². The standard InChI is InChI=1S/C13H12N2O3S/c14-5-6-19-8-12(16)15-10-4-2-1-3-9(10)7-11(15)13(17)18/h1-4,11H,6-8H2,(H,17,18)/t11-/m0/s1.